The molecule has 0 aromatic carbocycles. The predicted octanol–water partition coefficient (Wildman–Crippen LogP) is 2.91. The number of sulfone groups is 1. The van der Waals surface area contributed by atoms with Crippen LogP contribution in [0.25, 0.3) is 22.6 Å². The van der Waals surface area contributed by atoms with Gasteiger partial charge in [-0.2, -0.15) is 0 Å². The zero-order chi connectivity index (χ0) is 27.0. The van der Waals surface area contributed by atoms with Crippen molar-refractivity contribution in [2.45, 2.75) is 56.5 Å². The van der Waals surface area contributed by atoms with Gasteiger partial charge in [0.1, 0.15) is 17.4 Å². The van der Waals surface area contributed by atoms with E-state index in [1.165, 1.54) is 18.6 Å². The Morgan fingerprint density at radius 1 is 1.13 bits per heavy atom. The number of methoxy groups -OCH3 is 1. The molecule has 0 saturated heterocycles. The Labute approximate surface area is 219 Å². The molecule has 1 fully saturated rings. The fraction of sp³-hybridized carbons (Fsp3) is 0.400. The van der Waals surface area contributed by atoms with E-state index < -0.39 is 9.84 Å². The number of anilines is 1. The second-order valence-corrected chi connectivity index (χ2v) is 11.3. The first-order valence-corrected chi connectivity index (χ1v) is 14.2. The Bertz CT molecular complexity index is 1670. The highest BCUT2D eigenvalue weighted by Gasteiger charge is 2.31. The van der Waals surface area contributed by atoms with Gasteiger partial charge in [0.15, 0.2) is 27.1 Å². The van der Waals surface area contributed by atoms with Gasteiger partial charge in [-0.15, -0.1) is 0 Å². The minimum atomic E-state index is -3.35. The van der Waals surface area contributed by atoms with Gasteiger partial charge in [-0.25, -0.2) is 33.3 Å². The van der Waals surface area contributed by atoms with Crippen molar-refractivity contribution >= 4 is 26.8 Å². The van der Waals surface area contributed by atoms with Gasteiger partial charge >= 0.3 is 0 Å². The number of nitrogens with zero attached hydrogens (tertiary/aromatic N) is 7. The van der Waals surface area contributed by atoms with Crippen LogP contribution in [0.15, 0.2) is 40.5 Å². The van der Waals surface area contributed by atoms with Crippen LogP contribution in [0.4, 0.5) is 5.82 Å². The Hall–Kier alpha value is -4.00. The number of pyridine rings is 1. The number of nitrogens with one attached hydrogen (secondary N) is 1. The molecule has 1 aliphatic carbocycles. The van der Waals surface area contributed by atoms with Crippen LogP contribution < -0.4 is 15.6 Å². The highest BCUT2D eigenvalue weighted by atomic mass is 32.2. The molecule has 13 heteroatoms. The van der Waals surface area contributed by atoms with E-state index in [-0.39, 0.29) is 28.9 Å². The second kappa shape index (κ2) is 10.0. The fourth-order valence-electron chi connectivity index (χ4n) is 4.15. The van der Waals surface area contributed by atoms with Gasteiger partial charge in [-0.1, -0.05) is 6.92 Å². The number of fused-ring (bicyclic) bond motifs is 1. The molecule has 198 valence electrons. The summed E-state index contributed by atoms with van der Waals surface area (Å²) in [7, 11) is -1.80. The Morgan fingerprint density at radius 2 is 1.92 bits per heavy atom. The van der Waals surface area contributed by atoms with Crippen LogP contribution in [0.1, 0.15) is 56.5 Å². The summed E-state index contributed by atoms with van der Waals surface area (Å²) in [6.07, 6.45) is 8.24. The molecule has 38 heavy (non-hydrogen) atoms. The lowest BCUT2D eigenvalue weighted by atomic mass is 10.1. The Morgan fingerprint density at radius 3 is 2.55 bits per heavy atom. The smallest absolute Gasteiger partial charge is 0.295 e. The third-order valence-corrected chi connectivity index (χ3v) is 7.65. The summed E-state index contributed by atoms with van der Waals surface area (Å²) in [6.45, 7) is 4.12. The SMILES string of the molecule is CC[C@H](C)n1c(=O)c(NCc2ccc(S(C)(=O)=O)cn2)nc2cnc(-c3c(OC)ncnc3C3CC3)nc21. The molecule has 5 rings (SSSR count). The van der Waals surface area contributed by atoms with Gasteiger partial charge in [-0.05, 0) is 38.3 Å². The maximum absolute atomic E-state index is 13.6. The molecule has 1 saturated carbocycles. The molecule has 4 heterocycles. The lowest BCUT2D eigenvalue weighted by Crippen LogP contribution is -2.28. The van der Waals surface area contributed by atoms with Crippen LogP contribution in [0.2, 0.25) is 0 Å². The van der Waals surface area contributed by atoms with Crippen molar-refractivity contribution in [3.63, 3.8) is 0 Å². The lowest BCUT2D eigenvalue weighted by Gasteiger charge is -2.18. The standard InChI is InChI=1S/C25H28N8O4S/c1-5-14(2)33-23-18(12-28-21(32-23)19-20(15-6-7-15)29-13-30-24(19)37-3)31-22(25(33)34)27-10-16-8-9-17(11-26-16)38(4,35)36/h8-9,11-15H,5-7,10H2,1-4H3,(H,27,31)/t14-/m0/s1. The average Bonchev–Trinajstić information content (AvgIpc) is 3.76. The van der Waals surface area contributed by atoms with Crippen molar-refractivity contribution in [1.29, 1.82) is 0 Å². The Kier molecular flexibility index (Phi) is 6.78. The second-order valence-electron chi connectivity index (χ2n) is 9.32. The van der Waals surface area contributed by atoms with Crippen molar-refractivity contribution in [2.75, 3.05) is 18.7 Å². The molecule has 0 bridgehead atoms. The molecule has 1 N–H and O–H groups in total. The normalized spacial score (nSPS) is 14.4. The maximum atomic E-state index is 13.6. The molecule has 4 aromatic heterocycles. The van der Waals surface area contributed by atoms with Crippen LogP contribution in [0.3, 0.4) is 0 Å². The molecule has 0 radical (unpaired) electrons. The van der Waals surface area contributed by atoms with E-state index in [1.807, 2.05) is 13.8 Å². The molecule has 0 unspecified atom stereocenters. The summed E-state index contributed by atoms with van der Waals surface area (Å²) in [5.74, 6) is 1.20. The van der Waals surface area contributed by atoms with E-state index in [4.69, 9.17) is 9.72 Å². The van der Waals surface area contributed by atoms with Crippen molar-refractivity contribution < 1.29 is 13.2 Å². The highest BCUT2D eigenvalue weighted by molar-refractivity contribution is 7.90. The molecule has 0 spiro atoms. The number of rotatable bonds is 9. The van der Waals surface area contributed by atoms with E-state index in [2.05, 4.69) is 30.2 Å². The summed E-state index contributed by atoms with van der Waals surface area (Å²) in [4.78, 5) is 40.5. The monoisotopic (exact) mass is 536 g/mol. The van der Waals surface area contributed by atoms with Gasteiger partial charge in [0, 0.05) is 24.4 Å². The maximum Gasteiger partial charge on any atom is 0.295 e. The summed E-state index contributed by atoms with van der Waals surface area (Å²) in [6, 6.07) is 2.91. The molecule has 1 atom stereocenters. The van der Waals surface area contributed by atoms with Crippen molar-refractivity contribution in [3.05, 3.63) is 52.6 Å². The highest BCUT2D eigenvalue weighted by Crippen LogP contribution is 2.44. The molecule has 0 aliphatic heterocycles. The van der Waals surface area contributed by atoms with Crippen LogP contribution in [-0.2, 0) is 16.4 Å². The predicted molar refractivity (Wildman–Crippen MR) is 141 cm³/mol. The number of ether oxygens (including phenoxy) is 1. The van der Waals surface area contributed by atoms with Crippen LogP contribution in [-0.4, -0.2) is 56.3 Å². The van der Waals surface area contributed by atoms with Gasteiger partial charge in [0.05, 0.1) is 36.1 Å². The first-order valence-electron chi connectivity index (χ1n) is 12.3. The van der Waals surface area contributed by atoms with Gasteiger partial charge < -0.3 is 10.1 Å². The molecule has 1 aliphatic rings. The summed E-state index contributed by atoms with van der Waals surface area (Å²) in [5, 5.41) is 3.04. The molecule has 0 amide bonds. The van der Waals surface area contributed by atoms with Gasteiger partial charge in [0.25, 0.3) is 5.56 Å². The van der Waals surface area contributed by atoms with Gasteiger partial charge in [-0.3, -0.25) is 14.3 Å². The zero-order valence-electron chi connectivity index (χ0n) is 21.5. The molecular weight excluding hydrogens is 508 g/mol. The summed E-state index contributed by atoms with van der Waals surface area (Å²) < 4.78 is 30.5. The van der Waals surface area contributed by atoms with Crippen LogP contribution in [0.5, 0.6) is 5.88 Å². The third kappa shape index (κ3) is 4.93. The number of hydrogen-bond acceptors (Lipinski definition) is 11. The Balaban J connectivity index is 1.56. The largest absolute Gasteiger partial charge is 0.480 e. The quantitative estimate of drug-likeness (QED) is 0.336. The van der Waals surface area contributed by atoms with Crippen molar-refractivity contribution in [1.82, 2.24) is 34.5 Å². The van der Waals surface area contributed by atoms with E-state index in [0.29, 0.717) is 46.5 Å². The first kappa shape index (κ1) is 25.6. The topological polar surface area (TPSA) is 155 Å². The van der Waals surface area contributed by atoms with E-state index in [1.54, 1.807) is 23.9 Å². The van der Waals surface area contributed by atoms with E-state index in [0.717, 1.165) is 24.8 Å². The van der Waals surface area contributed by atoms with Crippen molar-refractivity contribution in [3.8, 4) is 17.3 Å². The number of hydrogen-bond donors (Lipinski definition) is 1. The third-order valence-electron chi connectivity index (χ3n) is 6.55. The van der Waals surface area contributed by atoms with E-state index >= 15 is 0 Å². The zero-order valence-corrected chi connectivity index (χ0v) is 22.4. The molecular formula is C25H28N8O4S. The minimum Gasteiger partial charge on any atom is -0.480 e. The fourth-order valence-corrected chi connectivity index (χ4v) is 4.71. The van der Waals surface area contributed by atoms with Crippen LogP contribution >= 0.6 is 0 Å². The lowest BCUT2D eigenvalue weighted by molar-refractivity contribution is 0.397. The summed E-state index contributed by atoms with van der Waals surface area (Å²) in [5.41, 5.74) is 2.55. The average molecular weight is 537 g/mol. The number of aromatic nitrogens is 7. The first-order chi connectivity index (χ1) is 18.2. The summed E-state index contributed by atoms with van der Waals surface area (Å²) >= 11 is 0. The minimum absolute atomic E-state index is 0.127. The van der Waals surface area contributed by atoms with Crippen molar-refractivity contribution in [2.24, 2.45) is 0 Å². The van der Waals surface area contributed by atoms with Crippen LogP contribution in [0, 0.1) is 0 Å². The van der Waals surface area contributed by atoms with Gasteiger partial charge in [0.2, 0.25) is 5.88 Å². The molecule has 12 nitrogen and oxygen atoms in total. The van der Waals surface area contributed by atoms with E-state index in [9.17, 15) is 13.2 Å². The molecule has 4 aromatic rings.